The maximum absolute atomic E-state index is 5.96. The Bertz CT molecular complexity index is 381. The van der Waals surface area contributed by atoms with Gasteiger partial charge in [-0.3, -0.25) is 0 Å². The molecule has 0 aliphatic heterocycles. The van der Waals surface area contributed by atoms with E-state index in [1.165, 1.54) is 5.56 Å². The molecule has 0 aliphatic carbocycles. The molecule has 21 heavy (non-hydrogen) atoms. The predicted octanol–water partition coefficient (Wildman–Crippen LogP) is 3.60. The van der Waals surface area contributed by atoms with Crippen molar-refractivity contribution < 1.29 is 4.74 Å². The lowest BCUT2D eigenvalue weighted by Gasteiger charge is -2.26. The highest BCUT2D eigenvalue weighted by molar-refractivity contribution is 6.30. The summed E-state index contributed by atoms with van der Waals surface area (Å²) in [6.45, 7) is 8.48. The topological polar surface area (TPSA) is 24.5 Å². The smallest absolute Gasteiger partial charge is 0.0589 e. The second-order valence-corrected chi connectivity index (χ2v) is 6.31. The highest BCUT2D eigenvalue weighted by Gasteiger charge is 2.13. The lowest BCUT2D eigenvalue weighted by atomic mass is 10.0. The average Bonchev–Trinajstić information content (AvgIpc) is 2.46. The molecule has 1 atom stereocenters. The highest BCUT2D eigenvalue weighted by atomic mass is 35.5. The van der Waals surface area contributed by atoms with E-state index in [1.807, 2.05) is 19.2 Å². The lowest BCUT2D eigenvalue weighted by molar-refractivity contribution is 0.137. The Kier molecular flexibility index (Phi) is 8.93. The molecule has 1 rings (SSSR count). The van der Waals surface area contributed by atoms with Crippen molar-refractivity contribution >= 4 is 11.6 Å². The highest BCUT2D eigenvalue weighted by Crippen LogP contribution is 2.19. The first-order chi connectivity index (χ1) is 10.1. The van der Waals surface area contributed by atoms with E-state index >= 15 is 0 Å². The third kappa shape index (κ3) is 7.28. The van der Waals surface area contributed by atoms with E-state index in [-0.39, 0.29) is 0 Å². The summed E-state index contributed by atoms with van der Waals surface area (Å²) in [7, 11) is 3.78. The number of methoxy groups -OCH3 is 1. The standard InChI is InChI=1S/C17H29ClN2O/c1-14(2)13-20(11-12-21-4)10-9-17(19-3)15-5-7-16(18)8-6-15/h5-8,14,17,19H,9-13H2,1-4H3. The molecule has 0 saturated carbocycles. The van der Waals surface area contributed by atoms with Crippen molar-refractivity contribution in [1.29, 1.82) is 0 Å². The summed E-state index contributed by atoms with van der Waals surface area (Å²) < 4.78 is 5.21. The van der Waals surface area contributed by atoms with Gasteiger partial charge in [0.1, 0.15) is 0 Å². The molecule has 0 bridgehead atoms. The molecule has 3 nitrogen and oxygen atoms in total. The van der Waals surface area contributed by atoms with Gasteiger partial charge in [0.05, 0.1) is 6.61 Å². The molecule has 0 amide bonds. The number of hydrogen-bond acceptors (Lipinski definition) is 3. The fraction of sp³-hybridized carbons (Fsp3) is 0.647. The molecule has 0 fully saturated rings. The second kappa shape index (κ2) is 10.2. The van der Waals surface area contributed by atoms with E-state index in [4.69, 9.17) is 16.3 Å². The minimum atomic E-state index is 0.361. The third-order valence-corrected chi connectivity index (χ3v) is 3.84. The Balaban J connectivity index is 2.55. The van der Waals surface area contributed by atoms with Crippen LogP contribution in [-0.4, -0.2) is 45.3 Å². The van der Waals surface area contributed by atoms with Crippen molar-refractivity contribution in [2.75, 3.05) is 40.4 Å². The second-order valence-electron chi connectivity index (χ2n) is 5.87. The monoisotopic (exact) mass is 312 g/mol. The molecule has 120 valence electrons. The van der Waals surface area contributed by atoms with Gasteiger partial charge in [0.2, 0.25) is 0 Å². The van der Waals surface area contributed by atoms with Gasteiger partial charge in [-0.2, -0.15) is 0 Å². The molecule has 1 unspecified atom stereocenters. The van der Waals surface area contributed by atoms with Crippen LogP contribution in [-0.2, 0) is 4.74 Å². The van der Waals surface area contributed by atoms with Gasteiger partial charge in [0.15, 0.2) is 0 Å². The van der Waals surface area contributed by atoms with Crippen LogP contribution in [0.25, 0.3) is 0 Å². The van der Waals surface area contributed by atoms with E-state index in [0.717, 1.165) is 37.7 Å². The van der Waals surface area contributed by atoms with Gasteiger partial charge in [-0.15, -0.1) is 0 Å². The van der Waals surface area contributed by atoms with Crippen LogP contribution >= 0.6 is 11.6 Å². The third-order valence-electron chi connectivity index (χ3n) is 3.59. The Labute approximate surface area is 134 Å². The van der Waals surface area contributed by atoms with Crippen molar-refractivity contribution in [3.63, 3.8) is 0 Å². The van der Waals surface area contributed by atoms with E-state index in [2.05, 4.69) is 36.2 Å². The fourth-order valence-corrected chi connectivity index (χ4v) is 2.64. The molecule has 0 aliphatic rings. The van der Waals surface area contributed by atoms with Crippen molar-refractivity contribution in [3.05, 3.63) is 34.9 Å². The SMILES string of the molecule is CNC(CCN(CCOC)CC(C)C)c1ccc(Cl)cc1. The zero-order valence-corrected chi connectivity index (χ0v) is 14.5. The van der Waals surface area contributed by atoms with Crippen LogP contribution < -0.4 is 5.32 Å². The molecule has 1 aromatic rings. The van der Waals surface area contributed by atoms with Crippen LogP contribution in [0.1, 0.15) is 31.9 Å². The van der Waals surface area contributed by atoms with Crippen molar-refractivity contribution in [3.8, 4) is 0 Å². The van der Waals surface area contributed by atoms with Crippen LogP contribution in [0.5, 0.6) is 0 Å². The fourth-order valence-electron chi connectivity index (χ4n) is 2.52. The summed E-state index contributed by atoms with van der Waals surface area (Å²) in [5.41, 5.74) is 1.29. The van der Waals surface area contributed by atoms with Gasteiger partial charge in [0, 0.05) is 37.8 Å². The quantitative estimate of drug-likeness (QED) is 0.714. The lowest BCUT2D eigenvalue weighted by Crippen LogP contribution is -2.34. The van der Waals surface area contributed by atoms with Crippen LogP contribution in [0.4, 0.5) is 0 Å². The molecule has 1 aromatic carbocycles. The van der Waals surface area contributed by atoms with E-state index < -0.39 is 0 Å². The van der Waals surface area contributed by atoms with Gasteiger partial charge in [-0.25, -0.2) is 0 Å². The predicted molar refractivity (Wildman–Crippen MR) is 91.0 cm³/mol. The van der Waals surface area contributed by atoms with Gasteiger partial charge in [-0.05, 0) is 37.1 Å². The molecule has 4 heteroatoms. The number of nitrogens with one attached hydrogen (secondary N) is 1. The summed E-state index contributed by atoms with van der Waals surface area (Å²) in [6.07, 6.45) is 1.08. The summed E-state index contributed by atoms with van der Waals surface area (Å²) in [5, 5.41) is 4.19. The molecule has 0 radical (unpaired) electrons. The van der Waals surface area contributed by atoms with Crippen molar-refractivity contribution in [2.24, 2.45) is 5.92 Å². The zero-order chi connectivity index (χ0) is 15.7. The molecule has 0 saturated heterocycles. The van der Waals surface area contributed by atoms with Crippen LogP contribution in [0.15, 0.2) is 24.3 Å². The Morgan fingerprint density at radius 1 is 1.19 bits per heavy atom. The molecular weight excluding hydrogens is 284 g/mol. The largest absolute Gasteiger partial charge is 0.383 e. The first-order valence-electron chi connectivity index (χ1n) is 7.70. The summed E-state index contributed by atoms with van der Waals surface area (Å²) >= 11 is 5.96. The Hall–Kier alpha value is -0.610. The zero-order valence-electron chi connectivity index (χ0n) is 13.7. The van der Waals surface area contributed by atoms with Gasteiger partial charge in [-0.1, -0.05) is 37.6 Å². The van der Waals surface area contributed by atoms with Crippen LogP contribution in [0, 0.1) is 5.92 Å². The van der Waals surface area contributed by atoms with Crippen LogP contribution in [0.3, 0.4) is 0 Å². The maximum atomic E-state index is 5.96. The van der Waals surface area contributed by atoms with Gasteiger partial charge in [0.25, 0.3) is 0 Å². The van der Waals surface area contributed by atoms with Gasteiger partial charge < -0.3 is 15.0 Å². The molecule has 1 N–H and O–H groups in total. The summed E-state index contributed by atoms with van der Waals surface area (Å²) in [4.78, 5) is 2.48. The molecule has 0 heterocycles. The Morgan fingerprint density at radius 3 is 2.38 bits per heavy atom. The van der Waals surface area contributed by atoms with E-state index in [9.17, 15) is 0 Å². The number of benzene rings is 1. The number of hydrogen-bond donors (Lipinski definition) is 1. The number of ether oxygens (including phenoxy) is 1. The minimum absolute atomic E-state index is 0.361. The van der Waals surface area contributed by atoms with E-state index in [1.54, 1.807) is 7.11 Å². The molecule has 0 spiro atoms. The van der Waals surface area contributed by atoms with E-state index in [0.29, 0.717) is 12.0 Å². The number of halogens is 1. The first kappa shape index (κ1) is 18.4. The average molecular weight is 313 g/mol. The first-order valence-corrected chi connectivity index (χ1v) is 8.08. The Morgan fingerprint density at radius 2 is 1.86 bits per heavy atom. The van der Waals surface area contributed by atoms with Crippen LogP contribution in [0.2, 0.25) is 5.02 Å². The van der Waals surface area contributed by atoms with Gasteiger partial charge >= 0.3 is 0 Å². The normalized spacial score (nSPS) is 13.1. The number of rotatable bonds is 10. The minimum Gasteiger partial charge on any atom is -0.383 e. The molecular formula is C17H29ClN2O. The van der Waals surface area contributed by atoms with Crippen molar-refractivity contribution in [1.82, 2.24) is 10.2 Å². The number of nitrogens with zero attached hydrogens (tertiary/aromatic N) is 1. The molecule has 0 aromatic heterocycles. The van der Waals surface area contributed by atoms with Crippen molar-refractivity contribution in [2.45, 2.75) is 26.3 Å². The summed E-state index contributed by atoms with van der Waals surface area (Å²) in [6, 6.07) is 8.48. The summed E-state index contributed by atoms with van der Waals surface area (Å²) in [5.74, 6) is 0.672. The maximum Gasteiger partial charge on any atom is 0.0589 e.